The molecule has 0 saturated heterocycles. The summed E-state index contributed by atoms with van der Waals surface area (Å²) in [6, 6.07) is 16.1. The fraction of sp³-hybridized carbons (Fsp3) is 0.238. The van der Waals surface area contributed by atoms with E-state index in [0.717, 1.165) is 39.9 Å². The molecule has 0 spiro atoms. The van der Waals surface area contributed by atoms with Crippen molar-refractivity contribution in [3.63, 3.8) is 0 Å². The predicted octanol–water partition coefficient (Wildman–Crippen LogP) is 4.06. The molecule has 0 aliphatic heterocycles. The van der Waals surface area contributed by atoms with Gasteiger partial charge < -0.3 is 9.88 Å². The van der Waals surface area contributed by atoms with Crippen LogP contribution in [0.15, 0.2) is 54.7 Å². The fourth-order valence-electron chi connectivity index (χ4n) is 3.27. The third-order valence-corrected chi connectivity index (χ3v) is 4.55. The van der Waals surface area contributed by atoms with E-state index in [0.29, 0.717) is 6.54 Å². The number of hydrogen-bond acceptors (Lipinski definition) is 5. The maximum atomic E-state index is 4.64. The Kier molecular flexibility index (Phi) is 4.54. The molecule has 0 saturated carbocycles. The van der Waals surface area contributed by atoms with Crippen LogP contribution in [0.2, 0.25) is 0 Å². The van der Waals surface area contributed by atoms with Gasteiger partial charge in [0.1, 0.15) is 17.5 Å². The first-order chi connectivity index (χ1) is 13.1. The molecule has 6 heteroatoms. The van der Waals surface area contributed by atoms with Gasteiger partial charge in [0.15, 0.2) is 0 Å². The molecular weight excluding hydrogens is 336 g/mol. The predicted molar refractivity (Wildman–Crippen MR) is 107 cm³/mol. The second-order valence-electron chi connectivity index (χ2n) is 6.65. The van der Waals surface area contributed by atoms with Crippen molar-refractivity contribution < 1.29 is 0 Å². The first-order valence-electron chi connectivity index (χ1n) is 9.04. The molecule has 0 fully saturated rings. The molecule has 4 rings (SSSR count). The van der Waals surface area contributed by atoms with Crippen LogP contribution in [0.5, 0.6) is 0 Å². The molecule has 27 heavy (non-hydrogen) atoms. The van der Waals surface area contributed by atoms with Crippen LogP contribution < -0.4 is 5.32 Å². The van der Waals surface area contributed by atoms with Gasteiger partial charge in [0.25, 0.3) is 0 Å². The first-order valence-corrected chi connectivity index (χ1v) is 9.04. The summed E-state index contributed by atoms with van der Waals surface area (Å²) in [5.41, 5.74) is 4.04. The van der Waals surface area contributed by atoms with E-state index in [1.54, 1.807) is 6.20 Å². The Labute approximate surface area is 158 Å². The van der Waals surface area contributed by atoms with E-state index in [2.05, 4.69) is 42.8 Å². The van der Waals surface area contributed by atoms with Crippen molar-refractivity contribution in [2.45, 2.75) is 33.4 Å². The Balaban J connectivity index is 1.61. The normalized spacial score (nSPS) is 12.3. The Hall–Kier alpha value is -3.28. The Morgan fingerprint density at radius 3 is 2.63 bits per heavy atom. The highest BCUT2D eigenvalue weighted by atomic mass is 15.1. The molecule has 0 aliphatic rings. The second kappa shape index (κ2) is 7.15. The summed E-state index contributed by atoms with van der Waals surface area (Å²) in [5, 5.41) is 3.43. The van der Waals surface area contributed by atoms with Crippen molar-refractivity contribution >= 4 is 16.9 Å². The van der Waals surface area contributed by atoms with Crippen LogP contribution in [0, 0.1) is 13.8 Å². The maximum absolute atomic E-state index is 4.64. The van der Waals surface area contributed by atoms with Crippen LogP contribution in [-0.2, 0) is 6.54 Å². The van der Waals surface area contributed by atoms with Gasteiger partial charge in [0.05, 0.1) is 35.0 Å². The molecule has 6 nitrogen and oxygen atoms in total. The second-order valence-corrected chi connectivity index (χ2v) is 6.65. The molecule has 3 heterocycles. The highest BCUT2D eigenvalue weighted by Crippen LogP contribution is 2.20. The monoisotopic (exact) mass is 358 g/mol. The van der Waals surface area contributed by atoms with Gasteiger partial charge in [-0.2, -0.15) is 0 Å². The lowest BCUT2D eigenvalue weighted by Gasteiger charge is -2.15. The van der Waals surface area contributed by atoms with Crippen LogP contribution >= 0.6 is 0 Å². The average molecular weight is 358 g/mol. The molecule has 1 unspecified atom stereocenters. The molecule has 1 N–H and O–H groups in total. The summed E-state index contributed by atoms with van der Waals surface area (Å²) in [6.07, 6.45) is 1.80. The number of hydrogen-bond donors (Lipinski definition) is 1. The van der Waals surface area contributed by atoms with Gasteiger partial charge in [0, 0.05) is 12.3 Å². The topological polar surface area (TPSA) is 68.5 Å². The number of fused-ring (bicyclic) bond motifs is 1. The number of benzene rings is 1. The van der Waals surface area contributed by atoms with E-state index in [4.69, 9.17) is 0 Å². The molecule has 0 amide bonds. The molecule has 1 aromatic carbocycles. The minimum Gasteiger partial charge on any atom is -0.362 e. The van der Waals surface area contributed by atoms with E-state index in [1.807, 2.05) is 56.3 Å². The van der Waals surface area contributed by atoms with Crippen molar-refractivity contribution in [3.05, 3.63) is 77.8 Å². The SMILES string of the molecule is Cc1nc(Cn2c(C)nc3ccccc32)cc(NC(C)c2ccccn2)n1. The van der Waals surface area contributed by atoms with Gasteiger partial charge in [-0.15, -0.1) is 0 Å². The number of aromatic nitrogens is 5. The number of aryl methyl sites for hydroxylation is 2. The van der Waals surface area contributed by atoms with Gasteiger partial charge in [-0.1, -0.05) is 18.2 Å². The standard InChI is InChI=1S/C21H22N6/c1-14(18-8-6-7-11-22-18)23-21-12-17(24-15(2)25-21)13-27-16(3)26-19-9-4-5-10-20(19)27/h4-12,14H,13H2,1-3H3,(H,23,24,25). The van der Waals surface area contributed by atoms with Crippen LogP contribution in [-0.4, -0.2) is 24.5 Å². The molecule has 3 aromatic heterocycles. The summed E-state index contributed by atoms with van der Waals surface area (Å²) in [5.74, 6) is 2.52. The molecular formula is C21H22N6. The average Bonchev–Trinajstić information content (AvgIpc) is 2.97. The van der Waals surface area contributed by atoms with Gasteiger partial charge in [-0.3, -0.25) is 4.98 Å². The van der Waals surface area contributed by atoms with Crippen LogP contribution in [0.3, 0.4) is 0 Å². The number of anilines is 1. The Morgan fingerprint density at radius 1 is 1.00 bits per heavy atom. The van der Waals surface area contributed by atoms with Crippen molar-refractivity contribution in [2.75, 3.05) is 5.32 Å². The van der Waals surface area contributed by atoms with E-state index >= 15 is 0 Å². The van der Waals surface area contributed by atoms with E-state index in [1.165, 1.54) is 0 Å². The fourth-order valence-corrected chi connectivity index (χ4v) is 3.27. The highest BCUT2D eigenvalue weighted by Gasteiger charge is 2.11. The largest absolute Gasteiger partial charge is 0.362 e. The number of nitrogens with one attached hydrogen (secondary N) is 1. The summed E-state index contributed by atoms with van der Waals surface area (Å²) in [7, 11) is 0. The summed E-state index contributed by atoms with van der Waals surface area (Å²) in [6.45, 7) is 6.67. The molecule has 1 atom stereocenters. The van der Waals surface area contributed by atoms with Crippen molar-refractivity contribution in [3.8, 4) is 0 Å². The lowest BCUT2D eigenvalue weighted by molar-refractivity contribution is 0.752. The minimum absolute atomic E-state index is 0.0594. The number of pyridine rings is 1. The smallest absolute Gasteiger partial charge is 0.130 e. The molecule has 0 aliphatic carbocycles. The van der Waals surface area contributed by atoms with Gasteiger partial charge >= 0.3 is 0 Å². The quantitative estimate of drug-likeness (QED) is 0.583. The van der Waals surface area contributed by atoms with E-state index in [-0.39, 0.29) is 6.04 Å². The zero-order valence-corrected chi connectivity index (χ0v) is 15.7. The van der Waals surface area contributed by atoms with Gasteiger partial charge in [0.2, 0.25) is 0 Å². The number of para-hydroxylation sites is 2. The van der Waals surface area contributed by atoms with Crippen LogP contribution in [0.4, 0.5) is 5.82 Å². The molecule has 136 valence electrons. The molecule has 0 bridgehead atoms. The zero-order valence-electron chi connectivity index (χ0n) is 15.7. The van der Waals surface area contributed by atoms with Gasteiger partial charge in [-0.05, 0) is 45.0 Å². The third kappa shape index (κ3) is 3.65. The van der Waals surface area contributed by atoms with E-state index < -0.39 is 0 Å². The number of nitrogens with zero attached hydrogens (tertiary/aromatic N) is 5. The minimum atomic E-state index is 0.0594. The van der Waals surface area contributed by atoms with Gasteiger partial charge in [-0.25, -0.2) is 15.0 Å². The molecule has 4 aromatic rings. The van der Waals surface area contributed by atoms with Crippen molar-refractivity contribution in [1.29, 1.82) is 0 Å². The zero-order chi connectivity index (χ0) is 18.8. The van der Waals surface area contributed by atoms with Crippen molar-refractivity contribution in [1.82, 2.24) is 24.5 Å². The first kappa shape index (κ1) is 17.1. The summed E-state index contributed by atoms with van der Waals surface area (Å²) in [4.78, 5) is 18.2. The van der Waals surface area contributed by atoms with Crippen LogP contribution in [0.1, 0.15) is 36.0 Å². The van der Waals surface area contributed by atoms with Crippen molar-refractivity contribution in [2.24, 2.45) is 0 Å². The summed E-state index contributed by atoms with van der Waals surface area (Å²) >= 11 is 0. The Bertz CT molecular complexity index is 1070. The summed E-state index contributed by atoms with van der Waals surface area (Å²) < 4.78 is 2.18. The lowest BCUT2D eigenvalue weighted by atomic mass is 10.2. The Morgan fingerprint density at radius 2 is 1.81 bits per heavy atom. The number of imidazole rings is 1. The lowest BCUT2D eigenvalue weighted by Crippen LogP contribution is -2.12. The van der Waals surface area contributed by atoms with E-state index in [9.17, 15) is 0 Å². The highest BCUT2D eigenvalue weighted by molar-refractivity contribution is 5.75. The van der Waals surface area contributed by atoms with Crippen LogP contribution in [0.25, 0.3) is 11.0 Å². The third-order valence-electron chi connectivity index (χ3n) is 4.55. The number of rotatable bonds is 5. The maximum Gasteiger partial charge on any atom is 0.130 e. The molecule has 0 radical (unpaired) electrons.